The molecule has 0 aliphatic heterocycles. The molecular formula is C16H15N3O2. The van der Waals surface area contributed by atoms with Crippen molar-refractivity contribution >= 4 is 22.7 Å². The topological polar surface area (TPSA) is 60.1 Å². The number of para-hydroxylation sites is 1. The lowest BCUT2D eigenvalue weighted by atomic mass is 10.2. The number of aromatic nitrogens is 2. The fourth-order valence-electron chi connectivity index (χ4n) is 2.94. The van der Waals surface area contributed by atoms with Crippen LogP contribution in [-0.4, -0.2) is 15.7 Å². The lowest BCUT2D eigenvalue weighted by Gasteiger charge is -2.05. The Bertz CT molecular complexity index is 811. The number of aryl methyl sites for hydroxylation is 2. The van der Waals surface area contributed by atoms with Gasteiger partial charge in [-0.05, 0) is 31.4 Å². The van der Waals surface area contributed by atoms with E-state index in [9.17, 15) is 4.79 Å². The lowest BCUT2D eigenvalue weighted by molar-refractivity contribution is 0.0997. The molecule has 5 heteroatoms. The summed E-state index contributed by atoms with van der Waals surface area (Å²) in [5, 5.41) is 8.32. The first-order valence-electron chi connectivity index (χ1n) is 7.07. The highest BCUT2D eigenvalue weighted by molar-refractivity contribution is 6.04. The summed E-state index contributed by atoms with van der Waals surface area (Å²) in [5.74, 6) is 0.876. The van der Waals surface area contributed by atoms with E-state index in [-0.39, 0.29) is 5.91 Å². The van der Waals surface area contributed by atoms with Gasteiger partial charge in [0.1, 0.15) is 11.4 Å². The van der Waals surface area contributed by atoms with Gasteiger partial charge in [0.15, 0.2) is 5.76 Å². The summed E-state index contributed by atoms with van der Waals surface area (Å²) in [5.41, 5.74) is 2.97. The molecule has 1 aliphatic rings. The van der Waals surface area contributed by atoms with Crippen molar-refractivity contribution in [1.82, 2.24) is 9.78 Å². The number of carbonyl (C=O) groups is 1. The Morgan fingerprint density at radius 1 is 1.33 bits per heavy atom. The zero-order valence-corrected chi connectivity index (χ0v) is 11.7. The smallest absolute Gasteiger partial charge is 0.292 e. The van der Waals surface area contributed by atoms with E-state index in [1.807, 2.05) is 31.3 Å². The number of amides is 1. The van der Waals surface area contributed by atoms with Crippen LogP contribution in [0.15, 0.2) is 34.7 Å². The number of furan rings is 1. The fraction of sp³-hybridized carbons (Fsp3) is 0.250. The summed E-state index contributed by atoms with van der Waals surface area (Å²) in [4.78, 5) is 12.4. The number of fused-ring (bicyclic) bond motifs is 2. The Morgan fingerprint density at radius 2 is 2.19 bits per heavy atom. The third-order valence-corrected chi connectivity index (χ3v) is 3.95. The molecule has 3 aromatic rings. The normalized spacial score (nSPS) is 13.6. The van der Waals surface area contributed by atoms with Gasteiger partial charge in [-0.2, -0.15) is 5.10 Å². The number of hydrogen-bond acceptors (Lipinski definition) is 3. The van der Waals surface area contributed by atoms with E-state index in [4.69, 9.17) is 4.42 Å². The summed E-state index contributed by atoms with van der Waals surface area (Å²) < 4.78 is 7.34. The first-order chi connectivity index (χ1) is 10.2. The van der Waals surface area contributed by atoms with Crippen LogP contribution in [0.5, 0.6) is 0 Å². The number of nitrogens with zero attached hydrogens (tertiary/aromatic N) is 2. The molecule has 0 atom stereocenters. The van der Waals surface area contributed by atoms with E-state index in [1.54, 1.807) is 10.7 Å². The monoisotopic (exact) mass is 281 g/mol. The number of hydrogen-bond donors (Lipinski definition) is 1. The average molecular weight is 281 g/mol. The van der Waals surface area contributed by atoms with Gasteiger partial charge in [-0.1, -0.05) is 18.2 Å². The Hall–Kier alpha value is -2.56. The molecule has 0 saturated heterocycles. The van der Waals surface area contributed by atoms with E-state index in [2.05, 4.69) is 10.4 Å². The van der Waals surface area contributed by atoms with Gasteiger partial charge in [-0.3, -0.25) is 9.48 Å². The minimum absolute atomic E-state index is 0.233. The Balaban J connectivity index is 1.66. The molecule has 1 N–H and O–H groups in total. The number of anilines is 1. The number of carbonyl (C=O) groups excluding carboxylic acids is 1. The minimum Gasteiger partial charge on any atom is -0.451 e. The second kappa shape index (κ2) is 4.48. The number of nitrogens with one attached hydrogen (secondary N) is 1. The third-order valence-electron chi connectivity index (χ3n) is 3.95. The Labute approximate surface area is 121 Å². The van der Waals surface area contributed by atoms with Gasteiger partial charge < -0.3 is 9.73 Å². The number of rotatable bonds is 2. The van der Waals surface area contributed by atoms with Crippen molar-refractivity contribution in [3.63, 3.8) is 0 Å². The van der Waals surface area contributed by atoms with Crippen LogP contribution in [0, 0.1) is 0 Å². The molecule has 21 heavy (non-hydrogen) atoms. The first-order valence-corrected chi connectivity index (χ1v) is 7.07. The SMILES string of the molecule is Cn1nc2c(c1NC(=O)c1cc3ccccc3o1)CCC2. The van der Waals surface area contributed by atoms with Crippen LogP contribution in [0.25, 0.3) is 11.0 Å². The fourth-order valence-corrected chi connectivity index (χ4v) is 2.94. The predicted octanol–water partition coefficient (Wildman–Crippen LogP) is 2.91. The van der Waals surface area contributed by atoms with E-state index >= 15 is 0 Å². The van der Waals surface area contributed by atoms with Gasteiger partial charge in [0.25, 0.3) is 5.91 Å². The molecule has 0 radical (unpaired) electrons. The molecule has 1 aliphatic carbocycles. The minimum atomic E-state index is -0.233. The second-order valence-corrected chi connectivity index (χ2v) is 5.35. The second-order valence-electron chi connectivity index (χ2n) is 5.35. The highest BCUT2D eigenvalue weighted by atomic mass is 16.3. The molecule has 5 nitrogen and oxygen atoms in total. The molecular weight excluding hydrogens is 266 g/mol. The van der Waals surface area contributed by atoms with E-state index < -0.39 is 0 Å². The molecule has 1 aromatic carbocycles. The zero-order valence-electron chi connectivity index (χ0n) is 11.7. The maximum absolute atomic E-state index is 12.4. The molecule has 106 valence electrons. The molecule has 1 amide bonds. The molecule has 0 fully saturated rings. The van der Waals surface area contributed by atoms with Gasteiger partial charge in [0, 0.05) is 18.0 Å². The zero-order chi connectivity index (χ0) is 14.4. The van der Waals surface area contributed by atoms with Crippen LogP contribution in [0.1, 0.15) is 28.2 Å². The highest BCUT2D eigenvalue weighted by Gasteiger charge is 2.23. The summed E-state index contributed by atoms with van der Waals surface area (Å²) >= 11 is 0. The van der Waals surface area contributed by atoms with Gasteiger partial charge in [0.05, 0.1) is 5.69 Å². The molecule has 0 spiro atoms. The van der Waals surface area contributed by atoms with Crippen molar-refractivity contribution < 1.29 is 9.21 Å². The van der Waals surface area contributed by atoms with Crippen molar-refractivity contribution in [2.24, 2.45) is 7.05 Å². The van der Waals surface area contributed by atoms with Gasteiger partial charge in [0.2, 0.25) is 0 Å². The van der Waals surface area contributed by atoms with Crippen molar-refractivity contribution in [2.75, 3.05) is 5.32 Å². The summed E-state index contributed by atoms with van der Waals surface area (Å²) in [6.45, 7) is 0. The maximum Gasteiger partial charge on any atom is 0.292 e. The summed E-state index contributed by atoms with van der Waals surface area (Å²) in [6.07, 6.45) is 3.06. The van der Waals surface area contributed by atoms with Crippen LogP contribution in [0.2, 0.25) is 0 Å². The maximum atomic E-state index is 12.4. The van der Waals surface area contributed by atoms with Crippen LogP contribution in [-0.2, 0) is 19.9 Å². The molecule has 0 saturated carbocycles. The summed E-state index contributed by atoms with van der Waals surface area (Å²) in [7, 11) is 1.85. The molecule has 0 bridgehead atoms. The summed E-state index contributed by atoms with van der Waals surface area (Å²) in [6, 6.07) is 9.36. The van der Waals surface area contributed by atoms with Crippen LogP contribution in [0.4, 0.5) is 5.82 Å². The van der Waals surface area contributed by atoms with Gasteiger partial charge >= 0.3 is 0 Å². The molecule has 2 aromatic heterocycles. The lowest BCUT2D eigenvalue weighted by Crippen LogP contribution is -2.15. The van der Waals surface area contributed by atoms with Crippen molar-refractivity contribution in [1.29, 1.82) is 0 Å². The van der Waals surface area contributed by atoms with E-state index in [0.29, 0.717) is 5.76 Å². The predicted molar refractivity (Wildman–Crippen MR) is 79.4 cm³/mol. The van der Waals surface area contributed by atoms with Crippen LogP contribution in [0.3, 0.4) is 0 Å². The molecule has 0 unspecified atom stereocenters. The number of benzene rings is 1. The van der Waals surface area contributed by atoms with Gasteiger partial charge in [-0.15, -0.1) is 0 Å². The molecule has 2 heterocycles. The largest absolute Gasteiger partial charge is 0.451 e. The Kier molecular flexibility index (Phi) is 2.60. The average Bonchev–Trinajstić information content (AvgIpc) is 3.15. The van der Waals surface area contributed by atoms with Crippen LogP contribution >= 0.6 is 0 Å². The van der Waals surface area contributed by atoms with Crippen molar-refractivity contribution in [2.45, 2.75) is 19.3 Å². The third kappa shape index (κ3) is 1.93. The quantitative estimate of drug-likeness (QED) is 0.785. The van der Waals surface area contributed by atoms with Crippen molar-refractivity contribution in [3.05, 3.63) is 47.3 Å². The molecule has 4 rings (SSSR count). The van der Waals surface area contributed by atoms with Crippen LogP contribution < -0.4 is 5.32 Å². The Morgan fingerprint density at radius 3 is 3.05 bits per heavy atom. The van der Waals surface area contributed by atoms with Crippen molar-refractivity contribution in [3.8, 4) is 0 Å². The van der Waals surface area contributed by atoms with E-state index in [1.165, 1.54) is 0 Å². The van der Waals surface area contributed by atoms with Gasteiger partial charge in [-0.25, -0.2) is 0 Å². The first kappa shape index (κ1) is 12.2. The standard InChI is InChI=1S/C16H15N3O2/c1-19-15(11-6-4-7-12(11)18-19)17-16(20)14-9-10-5-2-3-8-13(10)21-14/h2-3,5,8-9H,4,6-7H2,1H3,(H,17,20). The van der Waals surface area contributed by atoms with E-state index in [0.717, 1.165) is 47.3 Å². The highest BCUT2D eigenvalue weighted by Crippen LogP contribution is 2.28.